The maximum absolute atomic E-state index is 13.6. The quantitative estimate of drug-likeness (QED) is 0.0236. The number of nitrogens with zero attached hydrogens (tertiary/aromatic N) is 2. The number of aliphatic hydroxyl groups is 4. The van der Waals surface area contributed by atoms with Crippen LogP contribution in [0.15, 0.2) is 0 Å². The van der Waals surface area contributed by atoms with E-state index in [1.165, 1.54) is 13.8 Å². The third-order valence-electron chi connectivity index (χ3n) is 12.1. The molecule has 0 aromatic heterocycles. The zero-order chi connectivity index (χ0) is 53.4. The highest BCUT2D eigenvalue weighted by Crippen LogP contribution is 2.27. The summed E-state index contributed by atoms with van der Waals surface area (Å²) in [6, 6.07) is -6.54. The highest BCUT2D eigenvalue weighted by atomic mass is 32.2. The molecule has 0 saturated carbocycles. The molecule has 0 spiro atoms. The van der Waals surface area contributed by atoms with Gasteiger partial charge in [0.25, 0.3) is 0 Å². The van der Waals surface area contributed by atoms with E-state index in [0.717, 1.165) is 35.9 Å². The Morgan fingerprint density at radius 3 is 1.82 bits per heavy atom. The molecule has 0 aliphatic carbocycles. The monoisotopic (exact) mass is 1030 g/mol. The van der Waals surface area contributed by atoms with Gasteiger partial charge in [0.1, 0.15) is 42.4 Å². The van der Waals surface area contributed by atoms with Gasteiger partial charge in [-0.2, -0.15) is 0 Å². The number of imide groups is 1. The number of carbonyl (C=O) groups excluding carboxylic acids is 9. The van der Waals surface area contributed by atoms with Crippen LogP contribution in [0, 0.1) is 5.92 Å². The van der Waals surface area contributed by atoms with Gasteiger partial charge in [0.2, 0.25) is 53.2 Å². The van der Waals surface area contributed by atoms with E-state index in [2.05, 4.69) is 37.2 Å². The van der Waals surface area contributed by atoms with Gasteiger partial charge in [-0.3, -0.25) is 53.0 Å². The highest BCUT2D eigenvalue weighted by Gasteiger charge is 2.42. The molecule has 10 atom stereocenters. The van der Waals surface area contributed by atoms with Gasteiger partial charge in [0.05, 0.1) is 37.1 Å². The standard InChI is InChI=1S/C46H79N9O15S/c1-7-9-11-15-29(42(65)48-21-36(59)47-22-37(60)49-27(5)41(64)51-30(16-12-10-8-2)43(66)53-31(46(69)70)19-26(3)4)52-44(67)32(50-28(6)57)25-71-35-20-38(61)55(45(35)68)18-14-13-17-54-23-34(58)40(63)39(62)33(54)24-56/h26-27,29-35,39-40,56,58,62-63H,7-25H2,1-6H3,(H,47,59)(H,48,65)(H,49,60)(H,50,57)(H,51,64)(H,52,67)(H,53,66)(H,69,70)/t27?,29?,30?,31?,32?,33-,34+,35?,39-,40-/m1/s1. The van der Waals surface area contributed by atoms with Crippen LogP contribution in [0.25, 0.3) is 0 Å². The maximum atomic E-state index is 13.6. The predicted octanol–water partition coefficient (Wildman–Crippen LogP) is -2.63. The fourth-order valence-corrected chi connectivity index (χ4v) is 9.23. The van der Waals surface area contributed by atoms with Gasteiger partial charge in [-0.05, 0) is 51.5 Å². The minimum absolute atomic E-state index is 0.0219. The molecule has 404 valence electrons. The zero-order valence-electron chi connectivity index (χ0n) is 41.9. The van der Waals surface area contributed by atoms with E-state index in [0.29, 0.717) is 38.6 Å². The Morgan fingerprint density at radius 1 is 0.676 bits per heavy atom. The number of carboxylic acids is 1. The number of β-amino-alcohol motifs (C(OH)–C–C–N with tert-alkyl or cyclic N) is 1. The van der Waals surface area contributed by atoms with Gasteiger partial charge in [-0.15, -0.1) is 11.8 Å². The Morgan fingerprint density at radius 2 is 1.24 bits per heavy atom. The van der Waals surface area contributed by atoms with Crippen molar-refractivity contribution in [2.24, 2.45) is 5.92 Å². The molecule has 2 aliphatic rings. The van der Waals surface area contributed by atoms with Crippen molar-refractivity contribution in [3.05, 3.63) is 0 Å². The van der Waals surface area contributed by atoms with Crippen molar-refractivity contribution in [1.82, 2.24) is 47.0 Å². The fraction of sp³-hybridized carbons (Fsp3) is 0.783. The number of amides is 9. The average Bonchev–Trinajstić information content (AvgIpc) is 3.58. The molecule has 6 unspecified atom stereocenters. The first-order valence-corrected chi connectivity index (χ1v) is 25.7. The van der Waals surface area contributed by atoms with Crippen molar-refractivity contribution >= 4 is 70.9 Å². The smallest absolute Gasteiger partial charge is 0.326 e. The van der Waals surface area contributed by atoms with E-state index in [4.69, 9.17) is 0 Å². The summed E-state index contributed by atoms with van der Waals surface area (Å²) in [5.74, 6) is -7.24. The second kappa shape index (κ2) is 32.2. The number of aliphatic carboxylic acids is 1. The normalized spacial score (nSPS) is 21.3. The van der Waals surface area contributed by atoms with E-state index < -0.39 is 139 Å². The average molecular weight is 1030 g/mol. The van der Waals surface area contributed by atoms with Crippen LogP contribution in [0.5, 0.6) is 0 Å². The first-order chi connectivity index (χ1) is 33.5. The Bertz CT molecular complexity index is 1810. The van der Waals surface area contributed by atoms with Crippen molar-refractivity contribution in [3.8, 4) is 0 Å². The molecule has 0 aromatic rings. The van der Waals surface area contributed by atoms with Gasteiger partial charge >= 0.3 is 5.97 Å². The molecule has 0 radical (unpaired) electrons. The van der Waals surface area contributed by atoms with Gasteiger partial charge in [-0.1, -0.05) is 66.2 Å². The number of piperidine rings is 1. The summed E-state index contributed by atoms with van der Waals surface area (Å²) < 4.78 is 0. The molecule has 2 saturated heterocycles. The number of thioether (sulfide) groups is 1. The number of likely N-dealkylation sites (tertiary alicyclic amines) is 2. The number of carbonyl (C=O) groups is 10. The van der Waals surface area contributed by atoms with Crippen molar-refractivity contribution in [2.75, 3.05) is 45.1 Å². The third-order valence-corrected chi connectivity index (χ3v) is 13.4. The van der Waals surface area contributed by atoms with Crippen molar-refractivity contribution in [2.45, 2.75) is 178 Å². The maximum Gasteiger partial charge on any atom is 0.326 e. The largest absolute Gasteiger partial charge is 0.480 e. The van der Waals surface area contributed by atoms with Crippen molar-refractivity contribution in [1.29, 1.82) is 0 Å². The number of hydrogen-bond acceptors (Lipinski definition) is 16. The SMILES string of the molecule is CCCCCC(NC(=O)C(C)NC(=O)CNC(=O)CNC(=O)C(CCCCC)NC(=O)C(CSC1CC(=O)N(CCCCN2C[C@H](O)[C@@H](O)[C@H](O)[C@H]2CO)C1=O)NC(C)=O)C(=O)NC(CC(C)C)C(=O)O. The van der Waals surface area contributed by atoms with Gasteiger partial charge in [-0.25, -0.2) is 4.79 Å². The second-order valence-corrected chi connectivity index (χ2v) is 19.8. The molecule has 12 N–H and O–H groups in total. The van der Waals surface area contributed by atoms with Gasteiger partial charge in [0, 0.05) is 32.2 Å². The highest BCUT2D eigenvalue weighted by molar-refractivity contribution is 8.00. The van der Waals surface area contributed by atoms with Crippen molar-refractivity contribution in [3.63, 3.8) is 0 Å². The topological polar surface area (TPSA) is 363 Å². The first kappa shape index (κ1) is 62.2. The molecular formula is C46H79N9O15S. The minimum Gasteiger partial charge on any atom is -0.480 e. The van der Waals surface area contributed by atoms with Gasteiger partial charge in [0.15, 0.2) is 0 Å². The molecule has 71 heavy (non-hydrogen) atoms. The molecule has 2 rings (SSSR count). The summed E-state index contributed by atoms with van der Waals surface area (Å²) in [5.41, 5.74) is 0. The Hall–Kier alpha value is -4.95. The third kappa shape index (κ3) is 21.7. The Labute approximate surface area is 419 Å². The number of nitrogens with one attached hydrogen (secondary N) is 7. The molecule has 0 bridgehead atoms. The summed E-state index contributed by atoms with van der Waals surface area (Å²) in [6.07, 6.45) is 1.46. The molecule has 25 heteroatoms. The summed E-state index contributed by atoms with van der Waals surface area (Å²) >= 11 is 0.994. The van der Waals surface area contributed by atoms with Gasteiger partial charge < -0.3 is 62.8 Å². The Kier molecular flexibility index (Phi) is 28.2. The number of rotatable bonds is 33. The summed E-state index contributed by atoms with van der Waals surface area (Å²) in [5, 5.41) is 66.2. The number of unbranched alkanes of at least 4 members (excludes halogenated alkanes) is 5. The number of aliphatic hydroxyl groups excluding tert-OH is 4. The molecule has 9 amide bonds. The Balaban J connectivity index is 1.94. The van der Waals surface area contributed by atoms with Crippen LogP contribution in [0.2, 0.25) is 0 Å². The van der Waals surface area contributed by atoms with E-state index >= 15 is 0 Å². The van der Waals surface area contributed by atoms with Crippen LogP contribution in [0.3, 0.4) is 0 Å². The van der Waals surface area contributed by atoms with Crippen LogP contribution in [-0.4, -0.2) is 199 Å². The van der Waals surface area contributed by atoms with E-state index in [9.17, 15) is 73.5 Å². The van der Waals surface area contributed by atoms with E-state index in [1.54, 1.807) is 4.90 Å². The molecule has 2 heterocycles. The minimum atomic E-state index is -1.40. The molecule has 2 fully saturated rings. The second-order valence-electron chi connectivity index (χ2n) is 18.6. The lowest BCUT2D eigenvalue weighted by molar-refractivity contribution is -0.145. The van der Waals surface area contributed by atoms with E-state index in [-0.39, 0.29) is 50.4 Å². The van der Waals surface area contributed by atoms with Crippen LogP contribution >= 0.6 is 11.8 Å². The lowest BCUT2D eigenvalue weighted by Gasteiger charge is -2.43. The van der Waals surface area contributed by atoms with Crippen LogP contribution in [-0.2, 0) is 47.9 Å². The van der Waals surface area contributed by atoms with Crippen LogP contribution in [0.1, 0.15) is 119 Å². The summed E-state index contributed by atoms with van der Waals surface area (Å²) in [4.78, 5) is 131. The molecule has 24 nitrogen and oxygen atoms in total. The predicted molar refractivity (Wildman–Crippen MR) is 260 cm³/mol. The summed E-state index contributed by atoms with van der Waals surface area (Å²) in [6.45, 7) is 8.86. The van der Waals surface area contributed by atoms with Crippen LogP contribution < -0.4 is 37.2 Å². The molecule has 0 aromatic carbocycles. The van der Waals surface area contributed by atoms with Crippen molar-refractivity contribution < 1.29 is 73.5 Å². The number of hydrogen-bond donors (Lipinski definition) is 12. The van der Waals surface area contributed by atoms with E-state index in [1.807, 2.05) is 27.7 Å². The number of carboxylic acid groups (broad SMARTS) is 1. The molecule has 2 aliphatic heterocycles. The van der Waals surface area contributed by atoms with Crippen LogP contribution in [0.4, 0.5) is 0 Å². The summed E-state index contributed by atoms with van der Waals surface area (Å²) in [7, 11) is 0. The molecular weight excluding hydrogens is 951 g/mol. The fourth-order valence-electron chi connectivity index (χ4n) is 8.04. The zero-order valence-corrected chi connectivity index (χ0v) is 42.7. The lowest BCUT2D eigenvalue weighted by atomic mass is 9.94. The first-order valence-electron chi connectivity index (χ1n) is 24.6. The lowest BCUT2D eigenvalue weighted by Crippen LogP contribution is -2.62.